The summed E-state index contributed by atoms with van der Waals surface area (Å²) in [5.41, 5.74) is -0.227. The maximum atomic E-state index is 9.52. The summed E-state index contributed by atoms with van der Waals surface area (Å²) in [4.78, 5) is 2.51. The average Bonchev–Trinajstić information content (AvgIpc) is 2.68. The Kier molecular flexibility index (Phi) is 4.64. The molecule has 3 heteroatoms. The third-order valence-electron chi connectivity index (χ3n) is 5.04. The van der Waals surface area contributed by atoms with Crippen molar-refractivity contribution in [3.05, 3.63) is 0 Å². The molecule has 3 nitrogen and oxygen atoms in total. The minimum absolute atomic E-state index is 0.227. The van der Waals surface area contributed by atoms with E-state index in [0.717, 1.165) is 25.6 Å². The van der Waals surface area contributed by atoms with E-state index in [9.17, 15) is 5.26 Å². The average molecular weight is 249 g/mol. The molecule has 2 fully saturated rings. The molecule has 0 radical (unpaired) electrons. The summed E-state index contributed by atoms with van der Waals surface area (Å²) in [5.74, 6) is 0.546. The van der Waals surface area contributed by atoms with Gasteiger partial charge in [-0.1, -0.05) is 19.8 Å². The molecule has 2 aliphatic rings. The van der Waals surface area contributed by atoms with Gasteiger partial charge in [-0.2, -0.15) is 5.26 Å². The molecule has 0 aromatic rings. The van der Waals surface area contributed by atoms with Crippen LogP contribution in [-0.2, 0) is 0 Å². The highest BCUT2D eigenvalue weighted by Crippen LogP contribution is 2.38. The summed E-state index contributed by atoms with van der Waals surface area (Å²) >= 11 is 0. The molecule has 0 aromatic heterocycles. The van der Waals surface area contributed by atoms with Crippen molar-refractivity contribution in [1.29, 1.82) is 5.26 Å². The highest BCUT2D eigenvalue weighted by atomic mass is 15.1. The molecule has 18 heavy (non-hydrogen) atoms. The summed E-state index contributed by atoms with van der Waals surface area (Å²) in [5, 5.41) is 13.0. The molecule has 2 rings (SSSR count). The molecule has 0 aromatic carbocycles. The summed E-state index contributed by atoms with van der Waals surface area (Å²) in [7, 11) is 2.25. The van der Waals surface area contributed by atoms with Gasteiger partial charge in [0.1, 0.15) is 5.54 Å². The van der Waals surface area contributed by atoms with E-state index in [1.54, 1.807) is 0 Å². The van der Waals surface area contributed by atoms with Crippen LogP contribution in [0.3, 0.4) is 0 Å². The molecule has 2 aliphatic carbocycles. The second-order valence-corrected chi connectivity index (χ2v) is 6.06. The van der Waals surface area contributed by atoms with Crippen molar-refractivity contribution >= 4 is 0 Å². The summed E-state index contributed by atoms with van der Waals surface area (Å²) in [6.45, 7) is 4.17. The second-order valence-electron chi connectivity index (χ2n) is 6.06. The lowest BCUT2D eigenvalue weighted by molar-refractivity contribution is 0.143. The van der Waals surface area contributed by atoms with E-state index in [0.29, 0.717) is 5.92 Å². The molecule has 0 spiro atoms. The van der Waals surface area contributed by atoms with Gasteiger partial charge < -0.3 is 4.90 Å². The van der Waals surface area contributed by atoms with E-state index in [2.05, 4.69) is 30.3 Å². The minimum atomic E-state index is -0.227. The molecular weight excluding hydrogens is 222 g/mol. The van der Waals surface area contributed by atoms with Gasteiger partial charge in [-0.25, -0.2) is 0 Å². The fourth-order valence-electron chi connectivity index (χ4n) is 3.57. The minimum Gasteiger partial charge on any atom is -0.303 e. The molecular formula is C15H27N3. The Bertz CT molecular complexity index is 305. The van der Waals surface area contributed by atoms with Crippen LogP contribution < -0.4 is 5.32 Å². The molecule has 0 aliphatic heterocycles. The maximum absolute atomic E-state index is 9.52. The molecule has 0 amide bonds. The molecule has 0 heterocycles. The Balaban J connectivity index is 1.85. The van der Waals surface area contributed by atoms with Crippen LogP contribution in [-0.4, -0.2) is 36.6 Å². The monoisotopic (exact) mass is 249 g/mol. The van der Waals surface area contributed by atoms with Crippen LogP contribution in [0.1, 0.15) is 51.9 Å². The predicted molar refractivity (Wildman–Crippen MR) is 74.2 cm³/mol. The first kappa shape index (κ1) is 13.8. The van der Waals surface area contributed by atoms with Crippen molar-refractivity contribution < 1.29 is 0 Å². The number of nitrogens with zero attached hydrogens (tertiary/aromatic N) is 2. The summed E-state index contributed by atoms with van der Waals surface area (Å²) < 4.78 is 0. The van der Waals surface area contributed by atoms with Gasteiger partial charge in [0.2, 0.25) is 0 Å². The van der Waals surface area contributed by atoms with E-state index >= 15 is 0 Å². The van der Waals surface area contributed by atoms with Crippen molar-refractivity contribution in [1.82, 2.24) is 10.2 Å². The van der Waals surface area contributed by atoms with Gasteiger partial charge in [0, 0.05) is 6.04 Å². The van der Waals surface area contributed by atoms with Crippen molar-refractivity contribution in [2.24, 2.45) is 5.92 Å². The smallest absolute Gasteiger partial charge is 0.109 e. The Morgan fingerprint density at radius 1 is 1.33 bits per heavy atom. The van der Waals surface area contributed by atoms with Crippen LogP contribution in [0, 0.1) is 17.2 Å². The third kappa shape index (κ3) is 2.70. The fraction of sp³-hybridized carbons (Fsp3) is 0.933. The van der Waals surface area contributed by atoms with Gasteiger partial charge in [-0.05, 0) is 58.2 Å². The van der Waals surface area contributed by atoms with Crippen LogP contribution in [0.4, 0.5) is 0 Å². The van der Waals surface area contributed by atoms with Crippen LogP contribution in [0.25, 0.3) is 0 Å². The Morgan fingerprint density at radius 3 is 2.67 bits per heavy atom. The lowest BCUT2D eigenvalue weighted by Crippen LogP contribution is -2.48. The number of nitriles is 1. The number of rotatable bonds is 6. The zero-order valence-corrected chi connectivity index (χ0v) is 11.9. The Morgan fingerprint density at radius 2 is 2.11 bits per heavy atom. The van der Waals surface area contributed by atoms with Gasteiger partial charge in [-0.15, -0.1) is 0 Å². The van der Waals surface area contributed by atoms with E-state index in [1.807, 2.05) is 0 Å². The second kappa shape index (κ2) is 6.04. The van der Waals surface area contributed by atoms with Gasteiger partial charge in [0.05, 0.1) is 6.07 Å². The van der Waals surface area contributed by atoms with E-state index in [1.165, 1.54) is 38.5 Å². The normalized spacial score (nSPS) is 32.4. The van der Waals surface area contributed by atoms with Crippen molar-refractivity contribution in [3.63, 3.8) is 0 Å². The zero-order valence-electron chi connectivity index (χ0n) is 11.9. The first-order chi connectivity index (χ1) is 8.72. The van der Waals surface area contributed by atoms with Crippen LogP contribution in [0.15, 0.2) is 0 Å². The SMILES string of the molecule is CCNC1(C#N)CCCC1CCN(C)C1CCC1. The molecule has 0 bridgehead atoms. The van der Waals surface area contributed by atoms with Gasteiger partial charge in [0.25, 0.3) is 0 Å². The molecule has 102 valence electrons. The lowest BCUT2D eigenvalue weighted by atomic mass is 9.85. The molecule has 2 atom stereocenters. The summed E-state index contributed by atoms with van der Waals surface area (Å²) in [6.07, 6.45) is 8.79. The molecule has 1 N–H and O–H groups in total. The first-order valence-electron chi connectivity index (χ1n) is 7.58. The van der Waals surface area contributed by atoms with E-state index in [4.69, 9.17) is 0 Å². The summed E-state index contributed by atoms with van der Waals surface area (Å²) in [6, 6.07) is 3.40. The quantitative estimate of drug-likeness (QED) is 0.786. The van der Waals surface area contributed by atoms with Gasteiger partial charge >= 0.3 is 0 Å². The lowest BCUT2D eigenvalue weighted by Gasteiger charge is -2.37. The topological polar surface area (TPSA) is 39.1 Å². The third-order valence-corrected chi connectivity index (χ3v) is 5.04. The number of nitrogens with one attached hydrogen (secondary N) is 1. The highest BCUT2D eigenvalue weighted by Gasteiger charge is 2.42. The Hall–Kier alpha value is -0.590. The molecule has 2 unspecified atom stereocenters. The van der Waals surface area contributed by atoms with Crippen LogP contribution >= 0.6 is 0 Å². The fourth-order valence-corrected chi connectivity index (χ4v) is 3.57. The van der Waals surface area contributed by atoms with Crippen LogP contribution in [0.5, 0.6) is 0 Å². The zero-order chi connectivity index (χ0) is 13.0. The first-order valence-corrected chi connectivity index (χ1v) is 7.58. The number of hydrogen-bond donors (Lipinski definition) is 1. The molecule has 2 saturated carbocycles. The van der Waals surface area contributed by atoms with Gasteiger partial charge in [0.15, 0.2) is 0 Å². The van der Waals surface area contributed by atoms with Crippen molar-refractivity contribution in [2.75, 3.05) is 20.1 Å². The van der Waals surface area contributed by atoms with E-state index in [-0.39, 0.29) is 5.54 Å². The highest BCUT2D eigenvalue weighted by molar-refractivity contribution is 5.14. The maximum Gasteiger partial charge on any atom is 0.109 e. The molecule has 0 saturated heterocycles. The van der Waals surface area contributed by atoms with Crippen LogP contribution in [0.2, 0.25) is 0 Å². The van der Waals surface area contributed by atoms with Gasteiger partial charge in [-0.3, -0.25) is 5.32 Å². The standard InChI is InChI=1S/C15H27N3/c1-3-17-15(12-16)10-5-6-13(15)9-11-18(2)14-7-4-8-14/h13-14,17H,3-11H2,1-2H3. The van der Waals surface area contributed by atoms with E-state index < -0.39 is 0 Å². The largest absolute Gasteiger partial charge is 0.303 e. The predicted octanol–water partition coefficient (Wildman–Crippen LogP) is 2.53. The van der Waals surface area contributed by atoms with Crippen molar-refractivity contribution in [2.45, 2.75) is 63.5 Å². The Labute approximate surface area is 112 Å². The van der Waals surface area contributed by atoms with Crippen molar-refractivity contribution in [3.8, 4) is 6.07 Å². The number of hydrogen-bond acceptors (Lipinski definition) is 3.